The van der Waals surface area contributed by atoms with Crippen LogP contribution < -0.4 is 15.1 Å². The van der Waals surface area contributed by atoms with E-state index in [1.807, 2.05) is 22.5 Å². The van der Waals surface area contributed by atoms with Gasteiger partial charge in [0, 0.05) is 52.4 Å². The maximum absolute atomic E-state index is 11.8. The summed E-state index contributed by atoms with van der Waals surface area (Å²) < 4.78 is 1.12. The number of benzene rings is 1. The van der Waals surface area contributed by atoms with Crippen LogP contribution in [0, 0.1) is 23.2 Å². The van der Waals surface area contributed by atoms with Crippen LogP contribution in [0.4, 0.5) is 23.5 Å². The van der Waals surface area contributed by atoms with Crippen molar-refractivity contribution in [2.45, 2.75) is 40.0 Å². The van der Waals surface area contributed by atoms with Gasteiger partial charge in [0.1, 0.15) is 0 Å². The van der Waals surface area contributed by atoms with E-state index in [1.165, 1.54) is 19.3 Å². The van der Waals surface area contributed by atoms with E-state index in [0.29, 0.717) is 55.4 Å². The largest absolute Gasteiger partial charge is 0.343 e. The van der Waals surface area contributed by atoms with Crippen molar-refractivity contribution in [2.24, 2.45) is 23.2 Å². The summed E-state index contributed by atoms with van der Waals surface area (Å²) in [5.41, 5.74) is 4.23. The zero-order chi connectivity index (χ0) is 25.7. The standard InChI is InChI=1S/C27H36N8OS/c1-17(36)34-9-11-35(12-10-34)26-31-24(29-20-7-8-22-23(14-20)37-16-28-22)30-25(32-26)33(4)15-18-5-6-19-13-21(18)27(19,2)3/h7-8,14,16,18-19,21H,5-6,9-13,15H2,1-4H3,(H,29,30,31,32). The summed E-state index contributed by atoms with van der Waals surface area (Å²) in [6.45, 7) is 10.2. The summed E-state index contributed by atoms with van der Waals surface area (Å²) in [5, 5.41) is 3.42. The smallest absolute Gasteiger partial charge is 0.233 e. The topological polar surface area (TPSA) is 90.4 Å². The van der Waals surface area contributed by atoms with Gasteiger partial charge in [0.15, 0.2) is 0 Å². The number of nitrogens with one attached hydrogen (secondary N) is 1. The molecule has 3 aromatic rings. The van der Waals surface area contributed by atoms with Crippen LogP contribution >= 0.6 is 11.3 Å². The molecule has 1 N–H and O–H groups in total. The van der Waals surface area contributed by atoms with Crippen molar-refractivity contribution in [2.75, 3.05) is 54.9 Å². The number of thiazole rings is 1. The first-order chi connectivity index (χ1) is 17.8. The van der Waals surface area contributed by atoms with Crippen LogP contribution in [0.2, 0.25) is 0 Å². The number of fused-ring (bicyclic) bond motifs is 3. The van der Waals surface area contributed by atoms with E-state index in [9.17, 15) is 4.79 Å². The average molecular weight is 521 g/mol. The molecule has 3 saturated carbocycles. The van der Waals surface area contributed by atoms with Crippen LogP contribution in [0.5, 0.6) is 0 Å². The molecule has 7 rings (SSSR count). The fourth-order valence-corrected chi connectivity index (χ4v) is 7.34. The predicted octanol–water partition coefficient (Wildman–Crippen LogP) is 4.40. The van der Waals surface area contributed by atoms with Crippen LogP contribution in [0.25, 0.3) is 10.2 Å². The molecule has 4 aliphatic rings. The molecule has 37 heavy (non-hydrogen) atoms. The Balaban J connectivity index is 1.26. The number of aromatic nitrogens is 4. The summed E-state index contributed by atoms with van der Waals surface area (Å²) in [4.78, 5) is 37.1. The second kappa shape index (κ2) is 9.38. The number of piperazine rings is 1. The van der Waals surface area contributed by atoms with Gasteiger partial charge in [-0.25, -0.2) is 4.98 Å². The molecule has 2 aromatic heterocycles. The fourth-order valence-electron chi connectivity index (χ4n) is 6.62. The maximum atomic E-state index is 11.8. The number of carbonyl (C=O) groups is 1. The van der Waals surface area contributed by atoms with Gasteiger partial charge in [-0.3, -0.25) is 4.79 Å². The number of rotatable bonds is 6. The van der Waals surface area contributed by atoms with Crippen LogP contribution in [0.3, 0.4) is 0 Å². The van der Waals surface area contributed by atoms with E-state index in [0.717, 1.165) is 34.3 Å². The summed E-state index contributed by atoms with van der Waals surface area (Å²) in [7, 11) is 2.11. The lowest BCUT2D eigenvalue weighted by Crippen LogP contribution is -2.54. The summed E-state index contributed by atoms with van der Waals surface area (Å²) in [5.74, 6) is 4.34. The molecule has 3 unspecified atom stereocenters. The van der Waals surface area contributed by atoms with E-state index in [4.69, 9.17) is 15.0 Å². The van der Waals surface area contributed by atoms with Crippen LogP contribution in [0.15, 0.2) is 23.7 Å². The molecule has 9 nitrogen and oxygen atoms in total. The van der Waals surface area contributed by atoms with Gasteiger partial charge >= 0.3 is 0 Å². The van der Waals surface area contributed by atoms with E-state index in [2.05, 4.69) is 47.1 Å². The minimum Gasteiger partial charge on any atom is -0.343 e. The molecule has 4 fully saturated rings. The van der Waals surface area contributed by atoms with Gasteiger partial charge in [-0.1, -0.05) is 13.8 Å². The van der Waals surface area contributed by atoms with Crippen molar-refractivity contribution in [1.29, 1.82) is 0 Å². The number of hydrogen-bond acceptors (Lipinski definition) is 9. The number of anilines is 4. The van der Waals surface area contributed by atoms with Gasteiger partial charge in [0.2, 0.25) is 23.8 Å². The molecule has 196 valence electrons. The van der Waals surface area contributed by atoms with Gasteiger partial charge in [-0.2, -0.15) is 15.0 Å². The maximum Gasteiger partial charge on any atom is 0.233 e. The molecule has 0 radical (unpaired) electrons. The lowest BCUT2D eigenvalue weighted by molar-refractivity contribution is -0.129. The Morgan fingerprint density at radius 3 is 2.70 bits per heavy atom. The second-order valence-corrected chi connectivity index (χ2v) is 12.4. The lowest BCUT2D eigenvalue weighted by Gasteiger charge is -2.60. The molecule has 2 bridgehead atoms. The Kier molecular flexibility index (Phi) is 6.17. The quantitative estimate of drug-likeness (QED) is 0.512. The number of hydrogen-bond donors (Lipinski definition) is 1. The average Bonchev–Trinajstić information content (AvgIpc) is 3.36. The van der Waals surface area contributed by atoms with Crippen molar-refractivity contribution in [3.63, 3.8) is 0 Å². The highest BCUT2D eigenvalue weighted by molar-refractivity contribution is 7.16. The molecule has 3 atom stereocenters. The number of amides is 1. The molecule has 1 aromatic carbocycles. The van der Waals surface area contributed by atoms with E-state index in [-0.39, 0.29) is 5.91 Å². The minimum absolute atomic E-state index is 0.116. The zero-order valence-corrected chi connectivity index (χ0v) is 23.0. The SMILES string of the molecule is CC(=O)N1CCN(c2nc(Nc3ccc4ncsc4c3)nc(N(C)CC3CCC4CC3C4(C)C)n2)CC1. The third kappa shape index (κ3) is 4.60. The van der Waals surface area contributed by atoms with Crippen molar-refractivity contribution < 1.29 is 4.79 Å². The fraction of sp³-hybridized carbons (Fsp3) is 0.593. The molecular weight excluding hydrogens is 484 g/mol. The van der Waals surface area contributed by atoms with Gasteiger partial charge in [0.05, 0.1) is 15.7 Å². The normalized spacial score (nSPS) is 24.6. The molecule has 1 saturated heterocycles. The van der Waals surface area contributed by atoms with Crippen molar-refractivity contribution in [3.05, 3.63) is 23.7 Å². The van der Waals surface area contributed by atoms with Gasteiger partial charge in [-0.15, -0.1) is 11.3 Å². The number of carbonyl (C=O) groups excluding carboxylic acids is 1. The highest BCUT2D eigenvalue weighted by Gasteiger charge is 2.54. The van der Waals surface area contributed by atoms with E-state index < -0.39 is 0 Å². The second-order valence-electron chi connectivity index (χ2n) is 11.5. The zero-order valence-electron chi connectivity index (χ0n) is 22.1. The van der Waals surface area contributed by atoms with Crippen LogP contribution in [-0.2, 0) is 4.79 Å². The minimum atomic E-state index is 0.116. The Labute approximate surface area is 222 Å². The molecule has 3 heterocycles. The first kappa shape index (κ1) is 24.3. The van der Waals surface area contributed by atoms with Crippen molar-refractivity contribution in [3.8, 4) is 0 Å². The Morgan fingerprint density at radius 2 is 1.97 bits per heavy atom. The molecule has 0 spiro atoms. The number of nitrogens with zero attached hydrogens (tertiary/aromatic N) is 7. The van der Waals surface area contributed by atoms with Gasteiger partial charge in [0.25, 0.3) is 0 Å². The highest BCUT2D eigenvalue weighted by atomic mass is 32.1. The summed E-state index contributed by atoms with van der Waals surface area (Å²) in [6, 6.07) is 6.11. The van der Waals surface area contributed by atoms with Crippen molar-refractivity contribution in [1.82, 2.24) is 24.8 Å². The third-order valence-corrected chi connectivity index (χ3v) is 9.85. The molecule has 1 aliphatic heterocycles. The van der Waals surface area contributed by atoms with E-state index in [1.54, 1.807) is 18.3 Å². The molecule has 10 heteroatoms. The first-order valence-electron chi connectivity index (χ1n) is 13.4. The monoisotopic (exact) mass is 520 g/mol. The molecular formula is C27H36N8OS. The Bertz CT molecular complexity index is 1300. The Hall–Kier alpha value is -3.01. The van der Waals surface area contributed by atoms with E-state index >= 15 is 0 Å². The summed E-state index contributed by atoms with van der Waals surface area (Å²) >= 11 is 1.62. The van der Waals surface area contributed by atoms with Gasteiger partial charge in [-0.05, 0) is 60.6 Å². The van der Waals surface area contributed by atoms with Gasteiger partial charge < -0.3 is 20.0 Å². The lowest BCUT2D eigenvalue weighted by atomic mass is 9.45. The third-order valence-electron chi connectivity index (χ3n) is 9.06. The van der Waals surface area contributed by atoms with Crippen LogP contribution in [0.1, 0.15) is 40.0 Å². The molecule has 3 aliphatic carbocycles. The predicted molar refractivity (Wildman–Crippen MR) is 149 cm³/mol. The highest BCUT2D eigenvalue weighted by Crippen LogP contribution is 2.61. The van der Waals surface area contributed by atoms with Crippen LogP contribution in [-0.4, -0.2) is 70.5 Å². The molecule has 1 amide bonds. The summed E-state index contributed by atoms with van der Waals surface area (Å²) in [6.07, 6.45) is 3.98. The van der Waals surface area contributed by atoms with Crippen molar-refractivity contribution >= 4 is 51.0 Å². The Morgan fingerprint density at radius 1 is 1.16 bits per heavy atom. The first-order valence-corrected chi connectivity index (χ1v) is 14.2.